The molecule has 37 heavy (non-hydrogen) atoms. The first-order valence-corrected chi connectivity index (χ1v) is 15.0. The molecule has 204 valence electrons. The van der Waals surface area contributed by atoms with Crippen LogP contribution in [0.2, 0.25) is 10.0 Å². The van der Waals surface area contributed by atoms with Crippen molar-refractivity contribution in [1.29, 1.82) is 0 Å². The number of sulfonamides is 1. The molecule has 0 heterocycles. The molecule has 0 aromatic heterocycles. The van der Waals surface area contributed by atoms with Crippen LogP contribution in [-0.4, -0.2) is 50.0 Å². The number of nitrogens with zero attached hydrogens (tertiary/aromatic N) is 2. The van der Waals surface area contributed by atoms with Gasteiger partial charge in [-0.05, 0) is 61.1 Å². The molecule has 7 nitrogen and oxygen atoms in total. The Kier molecular flexibility index (Phi) is 11.3. The van der Waals surface area contributed by atoms with Crippen LogP contribution in [0.25, 0.3) is 0 Å². The smallest absolute Gasteiger partial charge is 0.244 e. The summed E-state index contributed by atoms with van der Waals surface area (Å²) in [7, 11) is -3.79. The second-order valence-electron chi connectivity index (χ2n) is 9.53. The van der Waals surface area contributed by atoms with E-state index in [1.54, 1.807) is 30.3 Å². The summed E-state index contributed by atoms with van der Waals surface area (Å²) in [4.78, 5) is 28.3. The van der Waals surface area contributed by atoms with Gasteiger partial charge in [-0.25, -0.2) is 8.42 Å². The van der Waals surface area contributed by atoms with Crippen LogP contribution in [0.1, 0.15) is 64.5 Å². The van der Waals surface area contributed by atoms with Gasteiger partial charge >= 0.3 is 0 Å². The zero-order valence-electron chi connectivity index (χ0n) is 22.3. The molecule has 0 fully saturated rings. The molecule has 2 atom stereocenters. The van der Waals surface area contributed by atoms with Gasteiger partial charge in [-0.1, -0.05) is 69.1 Å². The zero-order chi connectivity index (χ0) is 27.9. The maximum atomic E-state index is 13.7. The van der Waals surface area contributed by atoms with E-state index in [4.69, 9.17) is 23.2 Å². The van der Waals surface area contributed by atoms with E-state index in [1.165, 1.54) is 4.90 Å². The number of anilines is 1. The quantitative estimate of drug-likeness (QED) is 0.360. The Hall–Kier alpha value is -2.29. The Bertz CT molecular complexity index is 1190. The Morgan fingerprint density at radius 2 is 1.57 bits per heavy atom. The number of rotatable bonds is 12. The van der Waals surface area contributed by atoms with E-state index in [2.05, 4.69) is 5.32 Å². The fraction of sp³-hybridized carbons (Fsp3) is 0.481. The van der Waals surface area contributed by atoms with Gasteiger partial charge in [0.05, 0.1) is 22.0 Å². The Morgan fingerprint density at radius 1 is 0.946 bits per heavy atom. The van der Waals surface area contributed by atoms with E-state index >= 15 is 0 Å². The largest absolute Gasteiger partial charge is 0.352 e. The summed E-state index contributed by atoms with van der Waals surface area (Å²) < 4.78 is 26.6. The fourth-order valence-electron chi connectivity index (χ4n) is 3.83. The van der Waals surface area contributed by atoms with Crippen LogP contribution >= 0.6 is 23.2 Å². The van der Waals surface area contributed by atoms with Crippen LogP contribution in [0.15, 0.2) is 42.5 Å². The number of halogens is 2. The molecule has 2 amide bonds. The Labute approximate surface area is 231 Å². The van der Waals surface area contributed by atoms with Crippen molar-refractivity contribution in [2.75, 3.05) is 17.1 Å². The van der Waals surface area contributed by atoms with Crippen LogP contribution in [0, 0.1) is 0 Å². The van der Waals surface area contributed by atoms with E-state index in [-0.39, 0.29) is 24.4 Å². The topological polar surface area (TPSA) is 86.8 Å². The number of carbonyl (C=O) groups excluding carboxylic acids is 2. The van der Waals surface area contributed by atoms with Gasteiger partial charge in [0.2, 0.25) is 21.8 Å². The Balaban J connectivity index is 2.46. The standard InChI is InChI=1S/C27H37Cl2N3O4S/c1-7-19(5)30-27(34)25(8-2)31(16-20-9-14-23(28)24(29)15-20)26(33)17-32(37(6,35)36)22-12-10-21(11-13-22)18(3)4/h9-15,18-19,25H,7-8,16-17H2,1-6H3,(H,30,34)/t19-,25-/m0/s1. The first kappa shape index (κ1) is 30.9. The first-order chi connectivity index (χ1) is 17.3. The molecule has 0 spiro atoms. The lowest BCUT2D eigenvalue weighted by atomic mass is 10.0. The fourth-order valence-corrected chi connectivity index (χ4v) is 5.00. The maximum Gasteiger partial charge on any atom is 0.244 e. The summed E-state index contributed by atoms with van der Waals surface area (Å²) in [5, 5.41) is 3.64. The minimum absolute atomic E-state index is 0.0616. The van der Waals surface area contributed by atoms with Crippen molar-refractivity contribution in [3.05, 3.63) is 63.6 Å². The molecule has 0 radical (unpaired) electrons. The summed E-state index contributed by atoms with van der Waals surface area (Å²) in [6, 6.07) is 11.2. The lowest BCUT2D eigenvalue weighted by Gasteiger charge is -2.33. The van der Waals surface area contributed by atoms with E-state index in [0.717, 1.165) is 22.5 Å². The summed E-state index contributed by atoms with van der Waals surface area (Å²) in [5.74, 6) is -0.522. The number of amides is 2. The monoisotopic (exact) mass is 569 g/mol. The molecule has 0 unspecified atom stereocenters. The van der Waals surface area contributed by atoms with Gasteiger partial charge in [-0.3, -0.25) is 13.9 Å². The van der Waals surface area contributed by atoms with Crippen molar-refractivity contribution >= 4 is 50.7 Å². The molecule has 0 aliphatic rings. The van der Waals surface area contributed by atoms with Gasteiger partial charge in [0, 0.05) is 12.6 Å². The highest BCUT2D eigenvalue weighted by Gasteiger charge is 2.32. The summed E-state index contributed by atoms with van der Waals surface area (Å²) in [6.45, 7) is 9.36. The SMILES string of the molecule is CC[C@H](C)NC(=O)[C@H](CC)N(Cc1ccc(Cl)c(Cl)c1)C(=O)CN(c1ccc(C(C)C)cc1)S(C)(=O)=O. The third-order valence-corrected chi connectivity index (χ3v) is 8.13. The zero-order valence-corrected chi connectivity index (χ0v) is 24.6. The molecule has 0 aliphatic carbocycles. The summed E-state index contributed by atoms with van der Waals surface area (Å²) >= 11 is 12.3. The highest BCUT2D eigenvalue weighted by Crippen LogP contribution is 2.25. The minimum atomic E-state index is -3.79. The van der Waals surface area contributed by atoms with Crippen molar-refractivity contribution in [2.24, 2.45) is 0 Å². The van der Waals surface area contributed by atoms with Crippen LogP contribution in [0.4, 0.5) is 5.69 Å². The number of nitrogens with one attached hydrogen (secondary N) is 1. The molecule has 0 bridgehead atoms. The molecule has 2 aromatic carbocycles. The number of benzene rings is 2. The Morgan fingerprint density at radius 3 is 2.05 bits per heavy atom. The normalized spacial score (nSPS) is 13.2. The molecule has 0 saturated carbocycles. The summed E-state index contributed by atoms with van der Waals surface area (Å²) in [5.41, 5.74) is 2.11. The highest BCUT2D eigenvalue weighted by molar-refractivity contribution is 7.92. The summed E-state index contributed by atoms with van der Waals surface area (Å²) in [6.07, 6.45) is 2.14. The van der Waals surface area contributed by atoms with Crippen molar-refractivity contribution < 1.29 is 18.0 Å². The number of carbonyl (C=O) groups is 2. The number of hydrogen-bond acceptors (Lipinski definition) is 4. The predicted molar refractivity (Wildman–Crippen MR) is 152 cm³/mol. The minimum Gasteiger partial charge on any atom is -0.352 e. The van der Waals surface area contributed by atoms with E-state index < -0.39 is 28.5 Å². The molecule has 0 aliphatic heterocycles. The lowest BCUT2D eigenvalue weighted by Crippen LogP contribution is -2.53. The molecule has 2 aromatic rings. The third kappa shape index (κ3) is 8.62. The van der Waals surface area contributed by atoms with E-state index in [9.17, 15) is 18.0 Å². The molecule has 0 saturated heterocycles. The molecule has 1 N–H and O–H groups in total. The van der Waals surface area contributed by atoms with E-state index in [0.29, 0.717) is 27.7 Å². The van der Waals surface area contributed by atoms with Crippen molar-refractivity contribution in [1.82, 2.24) is 10.2 Å². The van der Waals surface area contributed by atoms with Crippen LogP contribution in [0.5, 0.6) is 0 Å². The van der Waals surface area contributed by atoms with Gasteiger partial charge < -0.3 is 10.2 Å². The second kappa shape index (κ2) is 13.5. The van der Waals surface area contributed by atoms with Crippen molar-refractivity contribution in [3.8, 4) is 0 Å². The van der Waals surface area contributed by atoms with E-state index in [1.807, 2.05) is 46.8 Å². The average molecular weight is 571 g/mol. The predicted octanol–water partition coefficient (Wildman–Crippen LogP) is 5.60. The van der Waals surface area contributed by atoms with Crippen LogP contribution in [-0.2, 0) is 26.2 Å². The number of hydrogen-bond donors (Lipinski definition) is 1. The second-order valence-corrected chi connectivity index (χ2v) is 12.2. The third-order valence-electron chi connectivity index (χ3n) is 6.25. The molecule has 10 heteroatoms. The van der Waals surface area contributed by atoms with Gasteiger partial charge in [0.1, 0.15) is 12.6 Å². The molecular formula is C27H37Cl2N3O4S. The lowest BCUT2D eigenvalue weighted by molar-refractivity contribution is -0.140. The van der Waals surface area contributed by atoms with Gasteiger partial charge in [0.15, 0.2) is 0 Å². The average Bonchev–Trinajstić information content (AvgIpc) is 2.83. The maximum absolute atomic E-state index is 13.7. The van der Waals surface area contributed by atoms with Crippen LogP contribution < -0.4 is 9.62 Å². The van der Waals surface area contributed by atoms with Crippen LogP contribution in [0.3, 0.4) is 0 Å². The first-order valence-electron chi connectivity index (χ1n) is 12.4. The van der Waals surface area contributed by atoms with Gasteiger partial charge in [-0.15, -0.1) is 0 Å². The van der Waals surface area contributed by atoms with Crippen molar-refractivity contribution in [2.45, 2.75) is 72.0 Å². The highest BCUT2D eigenvalue weighted by atomic mass is 35.5. The van der Waals surface area contributed by atoms with Crippen molar-refractivity contribution in [3.63, 3.8) is 0 Å². The molecule has 2 rings (SSSR count). The van der Waals surface area contributed by atoms with Gasteiger partial charge in [0.25, 0.3) is 0 Å². The molecular weight excluding hydrogens is 533 g/mol. The van der Waals surface area contributed by atoms with Gasteiger partial charge in [-0.2, -0.15) is 0 Å².